The molecule has 0 saturated carbocycles. The van der Waals surface area contributed by atoms with E-state index < -0.39 is 0 Å². The topological polar surface area (TPSA) is 84.2 Å². The molecule has 100 heavy (non-hydrogen) atoms. The predicted octanol–water partition coefficient (Wildman–Crippen LogP) is 22.7. The van der Waals surface area contributed by atoms with Gasteiger partial charge in [0, 0.05) is 93.4 Å². The second kappa shape index (κ2) is 23.0. The first-order valence-corrected chi connectivity index (χ1v) is 33.8. The fourth-order valence-corrected chi connectivity index (χ4v) is 15.3. The molecule has 0 atom stereocenters. The Hall–Kier alpha value is -13.6. The van der Waals surface area contributed by atoms with E-state index in [-0.39, 0.29) is 0 Å². The van der Waals surface area contributed by atoms with Gasteiger partial charge in [0.05, 0.1) is 78.8 Å². The van der Waals surface area contributed by atoms with E-state index in [0.717, 1.165) is 156 Å². The molecule has 0 radical (unpaired) electrons. The first kappa shape index (κ1) is 56.7. The Morgan fingerprint density at radius 1 is 0.200 bits per heavy atom. The number of hydrogen-bond donors (Lipinski definition) is 0. The lowest BCUT2D eigenvalue weighted by atomic mass is 9.93. The molecule has 466 valence electrons. The number of rotatable bonds is 11. The summed E-state index contributed by atoms with van der Waals surface area (Å²) >= 11 is 0. The van der Waals surface area contributed by atoms with E-state index in [0.29, 0.717) is 11.6 Å². The fraction of sp³-hybridized carbons (Fsp3) is 0. The maximum atomic E-state index is 5.67. The van der Waals surface area contributed by atoms with E-state index in [2.05, 4.69) is 316 Å². The summed E-state index contributed by atoms with van der Waals surface area (Å²) in [6, 6.07) is 121. The summed E-state index contributed by atoms with van der Waals surface area (Å²) in [6.45, 7) is 0. The molecule has 0 fully saturated rings. The summed E-state index contributed by atoms with van der Waals surface area (Å²) < 4.78 is 9.56. The molecule has 0 aliphatic heterocycles. The van der Waals surface area contributed by atoms with Crippen LogP contribution < -0.4 is 0 Å². The third kappa shape index (κ3) is 9.21. The third-order valence-electron chi connectivity index (χ3n) is 19.9. The van der Waals surface area contributed by atoms with Gasteiger partial charge in [-0.3, -0.25) is 4.57 Å². The quantitative estimate of drug-likeness (QED) is 0.129. The van der Waals surface area contributed by atoms with Crippen LogP contribution in [0.4, 0.5) is 0 Å². The molecular formula is C91H57N9. The summed E-state index contributed by atoms with van der Waals surface area (Å²) in [5.74, 6) is 1.99. The Morgan fingerprint density at radius 2 is 0.540 bits per heavy atom. The zero-order chi connectivity index (χ0) is 65.8. The molecule has 0 aliphatic carbocycles. The highest BCUT2D eigenvalue weighted by Crippen LogP contribution is 2.45. The highest BCUT2D eigenvalue weighted by Gasteiger charge is 2.25. The van der Waals surface area contributed by atoms with Crippen LogP contribution in [0, 0.1) is 0 Å². The van der Waals surface area contributed by atoms with Crippen LogP contribution in [-0.4, -0.2) is 43.2 Å². The summed E-state index contributed by atoms with van der Waals surface area (Å²) in [4.78, 5) is 27.4. The molecule has 20 aromatic rings. The second-order valence-corrected chi connectivity index (χ2v) is 25.6. The lowest BCUT2D eigenvalue weighted by molar-refractivity contribution is 1.05. The second-order valence-electron chi connectivity index (χ2n) is 25.6. The lowest BCUT2D eigenvalue weighted by Gasteiger charge is -2.19. The predicted molar refractivity (Wildman–Crippen MR) is 411 cm³/mol. The van der Waals surface area contributed by atoms with Gasteiger partial charge >= 0.3 is 0 Å². The minimum Gasteiger partial charge on any atom is -0.309 e. The molecule has 0 aliphatic rings. The Bertz CT molecular complexity index is 6420. The maximum absolute atomic E-state index is 5.67. The van der Waals surface area contributed by atoms with Gasteiger partial charge in [-0.15, -0.1) is 0 Å². The summed E-state index contributed by atoms with van der Waals surface area (Å²) in [7, 11) is 0. The van der Waals surface area contributed by atoms with Gasteiger partial charge in [0.2, 0.25) is 0 Å². The molecule has 7 heterocycles. The van der Waals surface area contributed by atoms with Crippen LogP contribution in [-0.2, 0) is 0 Å². The van der Waals surface area contributed by atoms with Crippen LogP contribution >= 0.6 is 0 Å². The van der Waals surface area contributed by atoms with Crippen molar-refractivity contribution < 1.29 is 0 Å². The van der Waals surface area contributed by atoms with Gasteiger partial charge in [0.1, 0.15) is 5.82 Å². The van der Waals surface area contributed by atoms with Gasteiger partial charge in [-0.25, -0.2) is 24.9 Å². The zero-order valence-electron chi connectivity index (χ0n) is 53.9. The van der Waals surface area contributed by atoms with Gasteiger partial charge in [-0.1, -0.05) is 243 Å². The molecule has 13 aromatic carbocycles. The first-order chi connectivity index (χ1) is 49.6. The number of pyridine rings is 1. The van der Waals surface area contributed by atoms with Crippen molar-refractivity contribution in [1.29, 1.82) is 0 Å². The van der Waals surface area contributed by atoms with Crippen LogP contribution in [0.5, 0.6) is 0 Å². The fourth-order valence-electron chi connectivity index (χ4n) is 15.3. The molecule has 0 bridgehead atoms. The normalized spacial score (nSPS) is 11.8. The van der Waals surface area contributed by atoms with Crippen molar-refractivity contribution in [3.63, 3.8) is 0 Å². The summed E-state index contributed by atoms with van der Waals surface area (Å²) in [6.07, 6.45) is 2.09. The number of para-hydroxylation sites is 6. The van der Waals surface area contributed by atoms with Crippen LogP contribution in [0.2, 0.25) is 0 Å². The van der Waals surface area contributed by atoms with Gasteiger partial charge < -0.3 is 13.7 Å². The molecule has 0 saturated heterocycles. The largest absolute Gasteiger partial charge is 0.309 e. The van der Waals surface area contributed by atoms with Crippen molar-refractivity contribution in [1.82, 2.24) is 43.2 Å². The number of aromatic nitrogens is 9. The highest BCUT2D eigenvalue weighted by molar-refractivity contribution is 6.15. The highest BCUT2D eigenvalue weighted by atomic mass is 15.1. The van der Waals surface area contributed by atoms with Gasteiger partial charge in [0.15, 0.2) is 11.6 Å². The summed E-state index contributed by atoms with van der Waals surface area (Å²) in [5, 5.41) is 9.38. The third-order valence-corrected chi connectivity index (χ3v) is 19.9. The molecule has 9 heteroatoms. The Kier molecular flexibility index (Phi) is 13.1. The van der Waals surface area contributed by atoms with Crippen molar-refractivity contribution in [2.24, 2.45) is 0 Å². The van der Waals surface area contributed by atoms with Crippen LogP contribution in [0.3, 0.4) is 0 Å². The average Bonchev–Trinajstić information content (AvgIpc) is 1.57. The Morgan fingerprint density at radius 3 is 0.980 bits per heavy atom. The smallest absolute Gasteiger partial charge is 0.160 e. The molecule has 7 aromatic heterocycles. The van der Waals surface area contributed by atoms with E-state index >= 15 is 0 Å². The zero-order valence-corrected chi connectivity index (χ0v) is 53.9. The first-order valence-electron chi connectivity index (χ1n) is 33.8. The van der Waals surface area contributed by atoms with Crippen molar-refractivity contribution >= 4 is 87.2 Å². The van der Waals surface area contributed by atoms with E-state index in [9.17, 15) is 0 Å². The minimum absolute atomic E-state index is 0.607. The molecule has 0 spiro atoms. The molecule has 0 N–H and O–H groups in total. The molecule has 9 nitrogen and oxygen atoms in total. The maximum Gasteiger partial charge on any atom is 0.160 e. The average molecular weight is 1280 g/mol. The molecule has 0 unspecified atom stereocenters. The van der Waals surface area contributed by atoms with Gasteiger partial charge in [-0.05, 0) is 103 Å². The van der Waals surface area contributed by atoms with Crippen LogP contribution in [0.1, 0.15) is 0 Å². The number of hydrogen-bond acceptors (Lipinski definition) is 5. The van der Waals surface area contributed by atoms with Crippen molar-refractivity contribution in [3.05, 3.63) is 346 Å². The van der Waals surface area contributed by atoms with Crippen molar-refractivity contribution in [2.75, 3.05) is 0 Å². The standard InChI is InChI=1S/C91H57N9/c1-5-25-58(26-6-1)76-55-78(95-90(93-76)60-29-9-3-10-30-60)65-48-45-62(51-73(65)79-56-77(59-27-7-2-8-28-59)94-91(96-79)61-31-11-4-12-32-61)72-54-89(100-85-44-24-18-38-71(85)75-53-64(47-50-87(75)100)98-82-41-21-15-35-68(82)69-36-16-22-42-83(69)98)92-57-88(72)99-84-43-23-17-37-70(84)74-52-63(46-49-86(74)99)97-80-39-19-13-33-66(80)67-34-14-20-40-81(67)97/h1-57H. The van der Waals surface area contributed by atoms with Crippen molar-refractivity contribution in [3.8, 4) is 102 Å². The number of benzene rings is 13. The summed E-state index contributed by atoms with van der Waals surface area (Å²) in [5.41, 5.74) is 22.4. The molecular weight excluding hydrogens is 1220 g/mol. The van der Waals surface area contributed by atoms with Crippen LogP contribution in [0.25, 0.3) is 189 Å². The number of fused-ring (bicyclic) bond motifs is 12. The Balaban J connectivity index is 0.864. The Labute approximate surface area is 574 Å². The van der Waals surface area contributed by atoms with Gasteiger partial charge in [-0.2, -0.15) is 0 Å². The lowest BCUT2D eigenvalue weighted by Crippen LogP contribution is -2.04. The SMILES string of the molecule is c1ccc(-c2cc(-c3ccc(-c4cc(-n5c6ccccc6c6cc(-n7c8ccccc8c8ccccc87)ccc65)ncc4-n4c5ccccc5c5cc(-n6c7ccccc7c7ccccc76)ccc54)cc3-c3cc(-c4ccccc4)nc(-c4ccccc4)n3)nc(-c3ccccc3)n2)cc1. The van der Waals surface area contributed by atoms with E-state index in [4.69, 9.17) is 24.9 Å². The minimum atomic E-state index is 0.607. The van der Waals surface area contributed by atoms with E-state index in [1.165, 1.54) is 21.5 Å². The monoisotopic (exact) mass is 1280 g/mol. The molecule has 20 rings (SSSR count). The molecule has 0 amide bonds. The van der Waals surface area contributed by atoms with Crippen LogP contribution in [0.15, 0.2) is 346 Å². The number of nitrogens with zero attached hydrogens (tertiary/aromatic N) is 9. The van der Waals surface area contributed by atoms with E-state index in [1.807, 2.05) is 48.5 Å². The van der Waals surface area contributed by atoms with Gasteiger partial charge in [0.25, 0.3) is 0 Å². The van der Waals surface area contributed by atoms with Crippen molar-refractivity contribution in [2.45, 2.75) is 0 Å². The van der Waals surface area contributed by atoms with E-state index in [1.54, 1.807) is 0 Å².